The van der Waals surface area contributed by atoms with Crippen molar-refractivity contribution in [3.8, 4) is 0 Å². The van der Waals surface area contributed by atoms with Gasteiger partial charge in [0.1, 0.15) is 0 Å². The van der Waals surface area contributed by atoms with Crippen LogP contribution in [0, 0.1) is 0 Å². The normalized spacial score (nSPS) is 11.5. The highest BCUT2D eigenvalue weighted by molar-refractivity contribution is 5.85. The highest BCUT2D eigenvalue weighted by Crippen LogP contribution is 2.08. The molecule has 0 heterocycles. The third-order valence-electron chi connectivity index (χ3n) is 3.16. The maximum Gasteiger partial charge on any atom is 0.220 e. The second-order valence-electron chi connectivity index (χ2n) is 4.95. The number of hydrogen-bond donors (Lipinski definition) is 2. The molecule has 1 aromatic rings. The molecule has 3 nitrogen and oxygen atoms in total. The Labute approximate surface area is 128 Å². The Bertz CT molecular complexity index is 357. The number of amides is 1. The van der Waals surface area contributed by atoms with Crippen LogP contribution in [0.3, 0.4) is 0 Å². The molecule has 1 unspecified atom stereocenters. The van der Waals surface area contributed by atoms with Gasteiger partial charge in [0.15, 0.2) is 0 Å². The fourth-order valence-electron chi connectivity index (χ4n) is 2.20. The van der Waals surface area contributed by atoms with E-state index < -0.39 is 0 Å². The summed E-state index contributed by atoms with van der Waals surface area (Å²) >= 11 is 0. The molecule has 0 aliphatic heterocycles. The molecule has 1 rings (SSSR count). The zero-order valence-corrected chi connectivity index (χ0v) is 13.3. The van der Waals surface area contributed by atoms with Crippen molar-refractivity contribution in [2.24, 2.45) is 0 Å². The average molecular weight is 299 g/mol. The van der Waals surface area contributed by atoms with Crippen molar-refractivity contribution in [3.05, 3.63) is 35.9 Å². The van der Waals surface area contributed by atoms with Gasteiger partial charge >= 0.3 is 0 Å². The van der Waals surface area contributed by atoms with E-state index in [1.54, 1.807) is 0 Å². The number of halogens is 1. The minimum Gasteiger partial charge on any atom is -0.353 e. The standard InChI is InChI=1S/C16H26N2O.ClH/c1-3-8-15(13-14-9-5-4-6-10-14)18-16(19)11-7-12-17-2;/h4-6,9-10,15,17H,3,7-8,11-13H2,1-2H3,(H,18,19);1H. The van der Waals surface area contributed by atoms with E-state index in [9.17, 15) is 4.79 Å². The van der Waals surface area contributed by atoms with Gasteiger partial charge in [0.25, 0.3) is 0 Å². The molecule has 2 N–H and O–H groups in total. The van der Waals surface area contributed by atoms with Crippen molar-refractivity contribution in [3.63, 3.8) is 0 Å². The quantitative estimate of drug-likeness (QED) is 0.688. The van der Waals surface area contributed by atoms with Gasteiger partial charge in [-0.2, -0.15) is 0 Å². The monoisotopic (exact) mass is 298 g/mol. The Balaban J connectivity index is 0.00000361. The summed E-state index contributed by atoms with van der Waals surface area (Å²) in [6.07, 6.45) is 4.55. The zero-order chi connectivity index (χ0) is 13.9. The zero-order valence-electron chi connectivity index (χ0n) is 12.5. The first-order chi connectivity index (χ1) is 9.26. The smallest absolute Gasteiger partial charge is 0.220 e. The lowest BCUT2D eigenvalue weighted by Gasteiger charge is -2.18. The first-order valence-electron chi connectivity index (χ1n) is 7.24. The van der Waals surface area contributed by atoms with Crippen LogP contribution in [0.2, 0.25) is 0 Å². The minimum atomic E-state index is 0. The molecule has 0 bridgehead atoms. The molecule has 0 aromatic heterocycles. The maximum atomic E-state index is 11.9. The molecule has 114 valence electrons. The molecule has 1 atom stereocenters. The topological polar surface area (TPSA) is 41.1 Å². The molecule has 0 aliphatic rings. The molecular weight excluding hydrogens is 272 g/mol. The first-order valence-corrected chi connectivity index (χ1v) is 7.24. The molecule has 0 saturated heterocycles. The fourth-order valence-corrected chi connectivity index (χ4v) is 2.20. The average Bonchev–Trinajstić information content (AvgIpc) is 2.40. The molecule has 20 heavy (non-hydrogen) atoms. The van der Waals surface area contributed by atoms with Gasteiger partial charge in [-0.05, 0) is 38.4 Å². The molecule has 4 heteroatoms. The van der Waals surface area contributed by atoms with E-state index in [4.69, 9.17) is 0 Å². The number of nitrogens with one attached hydrogen (secondary N) is 2. The minimum absolute atomic E-state index is 0. The first kappa shape index (κ1) is 18.9. The maximum absolute atomic E-state index is 11.9. The van der Waals surface area contributed by atoms with Crippen LogP contribution in [0.1, 0.15) is 38.2 Å². The van der Waals surface area contributed by atoms with Gasteiger partial charge in [0.05, 0.1) is 0 Å². The van der Waals surface area contributed by atoms with Crippen molar-refractivity contribution in [1.29, 1.82) is 0 Å². The Morgan fingerprint density at radius 3 is 2.55 bits per heavy atom. The molecule has 0 saturated carbocycles. The summed E-state index contributed by atoms with van der Waals surface area (Å²) in [6.45, 7) is 3.05. The molecule has 0 radical (unpaired) electrons. The van der Waals surface area contributed by atoms with Crippen LogP contribution in [-0.2, 0) is 11.2 Å². The van der Waals surface area contributed by atoms with E-state index in [0.29, 0.717) is 6.42 Å². The second kappa shape index (κ2) is 11.7. The van der Waals surface area contributed by atoms with E-state index in [0.717, 1.165) is 32.2 Å². The van der Waals surface area contributed by atoms with E-state index >= 15 is 0 Å². The SMILES string of the molecule is CCCC(Cc1ccccc1)NC(=O)CCCNC.Cl. The van der Waals surface area contributed by atoms with Crippen molar-refractivity contribution in [2.45, 2.75) is 45.1 Å². The third-order valence-corrected chi connectivity index (χ3v) is 3.16. The predicted molar refractivity (Wildman–Crippen MR) is 87.4 cm³/mol. The lowest BCUT2D eigenvalue weighted by atomic mass is 10.0. The Morgan fingerprint density at radius 2 is 1.95 bits per heavy atom. The molecule has 1 amide bonds. The highest BCUT2D eigenvalue weighted by Gasteiger charge is 2.11. The van der Waals surface area contributed by atoms with Gasteiger partial charge in [0.2, 0.25) is 5.91 Å². The van der Waals surface area contributed by atoms with E-state index in [1.807, 2.05) is 25.2 Å². The van der Waals surface area contributed by atoms with Gasteiger partial charge in [-0.15, -0.1) is 12.4 Å². The Hall–Kier alpha value is -1.06. The number of carbonyl (C=O) groups is 1. The predicted octanol–water partition coefficient (Wildman–Crippen LogP) is 2.94. The molecule has 1 aromatic carbocycles. The van der Waals surface area contributed by atoms with Crippen LogP contribution >= 0.6 is 12.4 Å². The fraction of sp³-hybridized carbons (Fsp3) is 0.562. The van der Waals surface area contributed by atoms with Crippen LogP contribution in [0.5, 0.6) is 0 Å². The van der Waals surface area contributed by atoms with Crippen LogP contribution in [0.25, 0.3) is 0 Å². The molecule has 0 aliphatic carbocycles. The number of benzene rings is 1. The van der Waals surface area contributed by atoms with E-state index in [2.05, 4.69) is 29.7 Å². The Morgan fingerprint density at radius 1 is 1.25 bits per heavy atom. The van der Waals surface area contributed by atoms with Crippen LogP contribution in [0.4, 0.5) is 0 Å². The molecule has 0 spiro atoms. The van der Waals surface area contributed by atoms with Crippen molar-refractivity contribution >= 4 is 18.3 Å². The van der Waals surface area contributed by atoms with Crippen LogP contribution in [-0.4, -0.2) is 25.5 Å². The summed E-state index contributed by atoms with van der Waals surface area (Å²) in [5.41, 5.74) is 1.29. The van der Waals surface area contributed by atoms with Gasteiger partial charge in [-0.3, -0.25) is 4.79 Å². The summed E-state index contributed by atoms with van der Waals surface area (Å²) in [4.78, 5) is 11.9. The summed E-state index contributed by atoms with van der Waals surface area (Å²) in [7, 11) is 1.91. The second-order valence-corrected chi connectivity index (χ2v) is 4.95. The number of carbonyl (C=O) groups excluding carboxylic acids is 1. The summed E-state index contributed by atoms with van der Waals surface area (Å²) in [6, 6.07) is 10.6. The van der Waals surface area contributed by atoms with Crippen molar-refractivity contribution < 1.29 is 4.79 Å². The number of rotatable bonds is 9. The van der Waals surface area contributed by atoms with Gasteiger partial charge < -0.3 is 10.6 Å². The summed E-state index contributed by atoms with van der Waals surface area (Å²) in [5.74, 6) is 0.171. The van der Waals surface area contributed by atoms with E-state index in [1.165, 1.54) is 5.56 Å². The van der Waals surface area contributed by atoms with Crippen molar-refractivity contribution in [1.82, 2.24) is 10.6 Å². The van der Waals surface area contributed by atoms with E-state index in [-0.39, 0.29) is 24.4 Å². The van der Waals surface area contributed by atoms with Crippen LogP contribution < -0.4 is 10.6 Å². The summed E-state index contributed by atoms with van der Waals surface area (Å²) < 4.78 is 0. The van der Waals surface area contributed by atoms with Crippen LogP contribution in [0.15, 0.2) is 30.3 Å². The third kappa shape index (κ3) is 8.18. The largest absolute Gasteiger partial charge is 0.353 e. The lowest BCUT2D eigenvalue weighted by molar-refractivity contribution is -0.121. The van der Waals surface area contributed by atoms with Gasteiger partial charge in [-0.1, -0.05) is 43.7 Å². The summed E-state index contributed by atoms with van der Waals surface area (Å²) in [5, 5.41) is 6.22. The van der Waals surface area contributed by atoms with Crippen molar-refractivity contribution in [2.75, 3.05) is 13.6 Å². The lowest BCUT2D eigenvalue weighted by Crippen LogP contribution is -2.36. The van der Waals surface area contributed by atoms with Gasteiger partial charge in [0, 0.05) is 12.5 Å². The Kier molecular flexibility index (Phi) is 11.1. The molecular formula is C16H27ClN2O. The molecule has 0 fully saturated rings. The highest BCUT2D eigenvalue weighted by atomic mass is 35.5. The van der Waals surface area contributed by atoms with Gasteiger partial charge in [-0.25, -0.2) is 0 Å². The number of hydrogen-bond acceptors (Lipinski definition) is 2.